The molecule has 1 N–H and O–H groups in total. The van der Waals surface area contributed by atoms with E-state index in [9.17, 15) is 4.79 Å². The average molecular weight is 292 g/mol. The minimum Gasteiger partial charge on any atom is -0.356 e. The van der Waals surface area contributed by atoms with Gasteiger partial charge < -0.3 is 4.98 Å². The first-order valence-corrected chi connectivity index (χ1v) is 6.26. The van der Waals surface area contributed by atoms with E-state index >= 15 is 0 Å². The van der Waals surface area contributed by atoms with Gasteiger partial charge in [-0.05, 0) is 56.2 Å². The molecule has 17 heavy (non-hydrogen) atoms. The first-order chi connectivity index (χ1) is 8.00. The van der Waals surface area contributed by atoms with Gasteiger partial charge in [0, 0.05) is 15.7 Å². The summed E-state index contributed by atoms with van der Waals surface area (Å²) in [6.07, 6.45) is 0. The number of nitrogens with one attached hydrogen (secondary N) is 1. The molecule has 3 heteroatoms. The molecule has 0 unspecified atom stereocenters. The number of hydrogen-bond donors (Lipinski definition) is 1. The van der Waals surface area contributed by atoms with Crippen molar-refractivity contribution in [2.24, 2.45) is 0 Å². The van der Waals surface area contributed by atoms with Gasteiger partial charge in [0.1, 0.15) is 0 Å². The number of aryl methyl sites for hydroxylation is 1. The van der Waals surface area contributed by atoms with Crippen LogP contribution in [0.15, 0.2) is 28.7 Å². The van der Waals surface area contributed by atoms with E-state index in [0.29, 0.717) is 11.3 Å². The van der Waals surface area contributed by atoms with Gasteiger partial charge in [-0.3, -0.25) is 4.79 Å². The number of halogens is 1. The van der Waals surface area contributed by atoms with E-state index in [1.54, 1.807) is 0 Å². The lowest BCUT2D eigenvalue weighted by Crippen LogP contribution is -2.03. The predicted octanol–water partition coefficient (Wildman–Crippen LogP) is 3.93. The number of rotatable bonds is 2. The van der Waals surface area contributed by atoms with Crippen molar-refractivity contribution in [3.8, 4) is 0 Å². The summed E-state index contributed by atoms with van der Waals surface area (Å²) < 4.78 is 0.976. The van der Waals surface area contributed by atoms with E-state index in [4.69, 9.17) is 0 Å². The lowest BCUT2D eigenvalue weighted by Gasteiger charge is -2.01. The fourth-order valence-electron chi connectivity index (χ4n) is 1.82. The summed E-state index contributed by atoms with van der Waals surface area (Å²) in [6, 6.07) is 7.42. The molecular formula is C14H14BrNO. The Morgan fingerprint density at radius 3 is 2.12 bits per heavy atom. The standard InChI is InChI=1S/C14H14BrNO/c1-8-9(2)13(16-10(8)3)14(17)11-4-6-12(15)7-5-11/h4-7,16H,1-3H3. The monoisotopic (exact) mass is 291 g/mol. The summed E-state index contributed by atoms with van der Waals surface area (Å²) in [5.74, 6) is 0.0474. The third kappa shape index (κ3) is 2.20. The molecule has 0 aliphatic carbocycles. The molecule has 2 rings (SSSR count). The number of aromatic nitrogens is 1. The molecule has 2 nitrogen and oxygen atoms in total. The summed E-state index contributed by atoms with van der Waals surface area (Å²) in [4.78, 5) is 15.5. The molecule has 0 radical (unpaired) electrons. The Labute approximate surface area is 109 Å². The molecule has 2 aromatic rings. The molecule has 0 atom stereocenters. The highest BCUT2D eigenvalue weighted by atomic mass is 79.9. The molecule has 0 saturated carbocycles. The van der Waals surface area contributed by atoms with Gasteiger partial charge >= 0.3 is 0 Å². The quantitative estimate of drug-likeness (QED) is 0.836. The lowest BCUT2D eigenvalue weighted by atomic mass is 10.0. The topological polar surface area (TPSA) is 32.9 Å². The SMILES string of the molecule is Cc1[nH]c(C(=O)c2ccc(Br)cc2)c(C)c1C. The highest BCUT2D eigenvalue weighted by molar-refractivity contribution is 9.10. The zero-order valence-corrected chi connectivity index (χ0v) is 11.7. The molecule has 0 amide bonds. The third-order valence-electron chi connectivity index (χ3n) is 3.15. The molecular weight excluding hydrogens is 278 g/mol. The summed E-state index contributed by atoms with van der Waals surface area (Å²) in [6.45, 7) is 5.99. The number of aromatic amines is 1. The molecule has 0 aliphatic rings. The Bertz CT molecular complexity index is 567. The second-order valence-corrected chi connectivity index (χ2v) is 5.13. The van der Waals surface area contributed by atoms with Gasteiger partial charge in [0.25, 0.3) is 0 Å². The smallest absolute Gasteiger partial charge is 0.209 e. The Kier molecular flexibility index (Phi) is 3.20. The van der Waals surface area contributed by atoms with Crippen LogP contribution in [0, 0.1) is 20.8 Å². The van der Waals surface area contributed by atoms with Crippen LogP contribution in [0.3, 0.4) is 0 Å². The van der Waals surface area contributed by atoms with Crippen LogP contribution in [0.1, 0.15) is 32.9 Å². The second-order valence-electron chi connectivity index (χ2n) is 4.21. The van der Waals surface area contributed by atoms with E-state index in [-0.39, 0.29) is 5.78 Å². The average Bonchev–Trinajstić information content (AvgIpc) is 2.57. The van der Waals surface area contributed by atoms with E-state index in [0.717, 1.165) is 21.3 Å². The summed E-state index contributed by atoms with van der Waals surface area (Å²) in [7, 11) is 0. The molecule has 0 fully saturated rings. The van der Waals surface area contributed by atoms with E-state index in [1.807, 2.05) is 45.0 Å². The summed E-state index contributed by atoms with van der Waals surface area (Å²) in [5, 5.41) is 0. The summed E-state index contributed by atoms with van der Waals surface area (Å²) in [5.41, 5.74) is 4.66. The minimum atomic E-state index is 0.0474. The Balaban J connectivity index is 2.44. The first-order valence-electron chi connectivity index (χ1n) is 5.46. The van der Waals surface area contributed by atoms with Crippen molar-refractivity contribution in [3.05, 3.63) is 56.8 Å². The highest BCUT2D eigenvalue weighted by Crippen LogP contribution is 2.20. The Morgan fingerprint density at radius 2 is 1.65 bits per heavy atom. The second kappa shape index (κ2) is 4.49. The summed E-state index contributed by atoms with van der Waals surface area (Å²) >= 11 is 3.36. The van der Waals surface area contributed by atoms with Gasteiger partial charge in [-0.25, -0.2) is 0 Å². The molecule has 0 saturated heterocycles. The predicted molar refractivity (Wildman–Crippen MR) is 72.6 cm³/mol. The zero-order valence-electron chi connectivity index (χ0n) is 10.1. The van der Waals surface area contributed by atoms with Crippen molar-refractivity contribution >= 4 is 21.7 Å². The first kappa shape index (κ1) is 12.1. The van der Waals surface area contributed by atoms with Crippen molar-refractivity contribution in [2.45, 2.75) is 20.8 Å². The van der Waals surface area contributed by atoms with Crippen molar-refractivity contribution in [1.82, 2.24) is 4.98 Å². The number of benzene rings is 1. The molecule has 88 valence electrons. The van der Waals surface area contributed by atoms with Gasteiger partial charge in [0.05, 0.1) is 5.69 Å². The molecule has 1 aromatic carbocycles. The molecule has 0 spiro atoms. The normalized spacial score (nSPS) is 10.6. The number of H-pyrrole nitrogens is 1. The van der Waals surface area contributed by atoms with Gasteiger partial charge in [-0.15, -0.1) is 0 Å². The van der Waals surface area contributed by atoms with Crippen LogP contribution in [0.25, 0.3) is 0 Å². The molecule has 1 heterocycles. The van der Waals surface area contributed by atoms with Crippen LogP contribution in [0.2, 0.25) is 0 Å². The van der Waals surface area contributed by atoms with E-state index in [2.05, 4.69) is 20.9 Å². The van der Waals surface area contributed by atoms with Crippen molar-refractivity contribution in [3.63, 3.8) is 0 Å². The molecule has 0 bridgehead atoms. The number of carbonyl (C=O) groups is 1. The van der Waals surface area contributed by atoms with Crippen molar-refractivity contribution in [1.29, 1.82) is 0 Å². The lowest BCUT2D eigenvalue weighted by molar-refractivity contribution is 0.103. The fourth-order valence-corrected chi connectivity index (χ4v) is 2.08. The largest absolute Gasteiger partial charge is 0.356 e. The Morgan fingerprint density at radius 1 is 1.06 bits per heavy atom. The molecule has 0 aliphatic heterocycles. The Hall–Kier alpha value is -1.35. The maximum Gasteiger partial charge on any atom is 0.209 e. The van der Waals surface area contributed by atoms with Gasteiger partial charge in [0.2, 0.25) is 5.78 Å². The van der Waals surface area contributed by atoms with Gasteiger partial charge in [0.15, 0.2) is 0 Å². The minimum absolute atomic E-state index is 0.0474. The maximum atomic E-state index is 12.3. The van der Waals surface area contributed by atoms with Crippen LogP contribution in [0.4, 0.5) is 0 Å². The van der Waals surface area contributed by atoms with Crippen LogP contribution < -0.4 is 0 Å². The third-order valence-corrected chi connectivity index (χ3v) is 3.67. The van der Waals surface area contributed by atoms with Crippen LogP contribution in [0.5, 0.6) is 0 Å². The maximum absolute atomic E-state index is 12.3. The van der Waals surface area contributed by atoms with E-state index < -0.39 is 0 Å². The van der Waals surface area contributed by atoms with Crippen LogP contribution in [-0.2, 0) is 0 Å². The van der Waals surface area contributed by atoms with Crippen LogP contribution >= 0.6 is 15.9 Å². The number of ketones is 1. The van der Waals surface area contributed by atoms with E-state index in [1.165, 1.54) is 0 Å². The fraction of sp³-hybridized carbons (Fsp3) is 0.214. The highest BCUT2D eigenvalue weighted by Gasteiger charge is 2.16. The number of carbonyl (C=O) groups excluding carboxylic acids is 1. The van der Waals surface area contributed by atoms with Crippen molar-refractivity contribution < 1.29 is 4.79 Å². The van der Waals surface area contributed by atoms with Gasteiger partial charge in [-0.1, -0.05) is 15.9 Å². The van der Waals surface area contributed by atoms with Crippen LogP contribution in [-0.4, -0.2) is 10.8 Å². The zero-order chi connectivity index (χ0) is 12.6. The number of hydrogen-bond acceptors (Lipinski definition) is 1. The molecule has 1 aromatic heterocycles. The van der Waals surface area contributed by atoms with Gasteiger partial charge in [-0.2, -0.15) is 0 Å². The van der Waals surface area contributed by atoms with Crippen molar-refractivity contribution in [2.75, 3.05) is 0 Å².